The third kappa shape index (κ3) is 4.23. The van der Waals surface area contributed by atoms with Gasteiger partial charge in [-0.05, 0) is 30.5 Å². The average Bonchev–Trinajstić information content (AvgIpc) is 2.13. The van der Waals surface area contributed by atoms with E-state index in [0.29, 0.717) is 6.42 Å². The molecule has 90 valence electrons. The molecule has 0 spiro atoms. The van der Waals surface area contributed by atoms with Gasteiger partial charge in [-0.3, -0.25) is 0 Å². The van der Waals surface area contributed by atoms with Gasteiger partial charge in [-0.2, -0.15) is 0 Å². The van der Waals surface area contributed by atoms with E-state index in [2.05, 4.69) is 15.9 Å². The van der Waals surface area contributed by atoms with Crippen LogP contribution in [0.4, 0.5) is 0 Å². The van der Waals surface area contributed by atoms with E-state index in [4.69, 9.17) is 5.73 Å². The molecule has 0 aromatic heterocycles. The molecule has 0 fully saturated rings. The summed E-state index contributed by atoms with van der Waals surface area (Å²) in [7, 11) is -2.94. The van der Waals surface area contributed by atoms with Crippen molar-refractivity contribution in [3.8, 4) is 0 Å². The summed E-state index contributed by atoms with van der Waals surface area (Å²) in [6, 6.07) is 5.65. The molecule has 0 aliphatic carbocycles. The molecule has 1 unspecified atom stereocenters. The fourth-order valence-electron chi connectivity index (χ4n) is 1.43. The van der Waals surface area contributed by atoms with E-state index in [1.165, 1.54) is 6.26 Å². The van der Waals surface area contributed by atoms with Crippen LogP contribution >= 0.6 is 15.9 Å². The quantitative estimate of drug-likeness (QED) is 0.927. The van der Waals surface area contributed by atoms with Gasteiger partial charge in [0.25, 0.3) is 0 Å². The normalized spacial score (nSPS) is 13.8. The summed E-state index contributed by atoms with van der Waals surface area (Å²) in [5, 5.41) is 0. The Kier molecular flexibility index (Phi) is 4.52. The first-order chi connectivity index (χ1) is 7.29. The molecule has 1 aromatic carbocycles. The molecule has 0 amide bonds. The molecule has 3 nitrogen and oxygen atoms in total. The van der Waals surface area contributed by atoms with E-state index in [0.717, 1.165) is 15.6 Å². The Hall–Kier alpha value is -0.390. The van der Waals surface area contributed by atoms with Crippen molar-refractivity contribution in [1.82, 2.24) is 0 Å². The van der Waals surface area contributed by atoms with Crippen LogP contribution in [-0.2, 0) is 9.84 Å². The second-order valence-corrected chi connectivity index (χ2v) is 7.16. The third-order valence-electron chi connectivity index (χ3n) is 2.36. The van der Waals surface area contributed by atoms with Crippen LogP contribution in [-0.4, -0.2) is 20.4 Å². The van der Waals surface area contributed by atoms with Crippen LogP contribution in [0.25, 0.3) is 0 Å². The lowest BCUT2D eigenvalue weighted by Gasteiger charge is -2.13. The minimum absolute atomic E-state index is 0.120. The minimum Gasteiger partial charge on any atom is -0.324 e. The molecule has 0 radical (unpaired) electrons. The number of hydrogen-bond acceptors (Lipinski definition) is 3. The van der Waals surface area contributed by atoms with Gasteiger partial charge in [0.1, 0.15) is 9.84 Å². The van der Waals surface area contributed by atoms with E-state index in [1.54, 1.807) is 0 Å². The van der Waals surface area contributed by atoms with Gasteiger partial charge >= 0.3 is 0 Å². The second kappa shape index (κ2) is 5.29. The fourth-order valence-corrected chi connectivity index (χ4v) is 2.90. The molecule has 1 rings (SSSR count). The molecule has 2 N–H and O–H groups in total. The molecule has 1 atom stereocenters. The molecular formula is C11H16BrNO2S. The van der Waals surface area contributed by atoms with Crippen molar-refractivity contribution in [3.05, 3.63) is 33.8 Å². The average molecular weight is 306 g/mol. The van der Waals surface area contributed by atoms with Gasteiger partial charge in [-0.25, -0.2) is 8.42 Å². The van der Waals surface area contributed by atoms with Crippen LogP contribution in [0.2, 0.25) is 0 Å². The number of hydrogen-bond donors (Lipinski definition) is 1. The molecule has 0 aliphatic heterocycles. The van der Waals surface area contributed by atoms with Crippen molar-refractivity contribution in [2.75, 3.05) is 12.0 Å². The number of nitrogens with two attached hydrogens (primary N) is 1. The van der Waals surface area contributed by atoms with Gasteiger partial charge in [-0.1, -0.05) is 28.1 Å². The molecule has 0 aliphatic rings. The highest BCUT2D eigenvalue weighted by Crippen LogP contribution is 2.25. The Morgan fingerprint density at radius 3 is 2.56 bits per heavy atom. The Morgan fingerprint density at radius 2 is 2.06 bits per heavy atom. The lowest BCUT2D eigenvalue weighted by Crippen LogP contribution is -2.16. The fraction of sp³-hybridized carbons (Fsp3) is 0.455. The Balaban J connectivity index is 2.77. The summed E-state index contributed by atoms with van der Waals surface area (Å²) >= 11 is 3.44. The van der Waals surface area contributed by atoms with Gasteiger partial charge in [-0.15, -0.1) is 0 Å². The molecule has 16 heavy (non-hydrogen) atoms. The van der Waals surface area contributed by atoms with Crippen LogP contribution in [0.15, 0.2) is 22.7 Å². The zero-order valence-electron chi connectivity index (χ0n) is 9.40. The number of sulfone groups is 1. The molecule has 5 heteroatoms. The van der Waals surface area contributed by atoms with E-state index in [9.17, 15) is 8.42 Å². The maximum absolute atomic E-state index is 11.0. The highest BCUT2D eigenvalue weighted by Gasteiger charge is 2.12. The Labute approximate surface area is 105 Å². The van der Waals surface area contributed by atoms with Crippen LogP contribution in [0.1, 0.15) is 23.6 Å². The predicted octanol–water partition coefficient (Wildman–Crippen LogP) is 2.19. The van der Waals surface area contributed by atoms with Crippen LogP contribution in [0, 0.1) is 6.92 Å². The molecule has 0 saturated heterocycles. The highest BCUT2D eigenvalue weighted by molar-refractivity contribution is 9.10. The number of rotatable bonds is 4. The second-order valence-electron chi connectivity index (χ2n) is 4.05. The van der Waals surface area contributed by atoms with E-state index in [1.807, 2.05) is 25.1 Å². The van der Waals surface area contributed by atoms with Crippen molar-refractivity contribution in [1.29, 1.82) is 0 Å². The van der Waals surface area contributed by atoms with Crippen LogP contribution in [0.3, 0.4) is 0 Å². The van der Waals surface area contributed by atoms with Gasteiger partial charge < -0.3 is 5.73 Å². The molecule has 1 aromatic rings. The van der Waals surface area contributed by atoms with E-state index in [-0.39, 0.29) is 11.8 Å². The van der Waals surface area contributed by atoms with Gasteiger partial charge in [0.05, 0.1) is 5.75 Å². The largest absolute Gasteiger partial charge is 0.324 e. The first kappa shape index (κ1) is 13.7. The van der Waals surface area contributed by atoms with Gasteiger partial charge in [0.15, 0.2) is 0 Å². The molecule has 0 heterocycles. The van der Waals surface area contributed by atoms with E-state index >= 15 is 0 Å². The molecular weight excluding hydrogens is 290 g/mol. The first-order valence-corrected chi connectivity index (χ1v) is 7.84. The monoisotopic (exact) mass is 305 g/mol. The zero-order valence-corrected chi connectivity index (χ0v) is 11.8. The molecule has 0 bridgehead atoms. The third-order valence-corrected chi connectivity index (χ3v) is 4.02. The molecule has 0 saturated carbocycles. The van der Waals surface area contributed by atoms with Crippen molar-refractivity contribution in [2.24, 2.45) is 5.73 Å². The van der Waals surface area contributed by atoms with Gasteiger partial charge in [0, 0.05) is 16.8 Å². The van der Waals surface area contributed by atoms with Crippen molar-refractivity contribution < 1.29 is 8.42 Å². The maximum Gasteiger partial charge on any atom is 0.147 e. The van der Waals surface area contributed by atoms with Crippen LogP contribution < -0.4 is 5.73 Å². The number of aryl methyl sites for hydroxylation is 1. The van der Waals surface area contributed by atoms with Crippen molar-refractivity contribution >= 4 is 25.8 Å². The highest BCUT2D eigenvalue weighted by atomic mass is 79.9. The lowest BCUT2D eigenvalue weighted by atomic mass is 10.0. The lowest BCUT2D eigenvalue weighted by molar-refractivity contribution is 0.591. The standard InChI is InChI=1S/C11H16BrNO2S/c1-8-3-4-9(10(12)7-8)11(13)5-6-16(2,14)15/h3-4,7,11H,5-6,13H2,1-2H3. The Morgan fingerprint density at radius 1 is 1.44 bits per heavy atom. The number of benzene rings is 1. The summed E-state index contributed by atoms with van der Waals surface area (Å²) < 4.78 is 23.0. The predicted molar refractivity (Wildman–Crippen MR) is 70.1 cm³/mol. The first-order valence-electron chi connectivity index (χ1n) is 4.99. The summed E-state index contributed by atoms with van der Waals surface area (Å²) in [4.78, 5) is 0. The van der Waals surface area contributed by atoms with E-state index < -0.39 is 9.84 Å². The van der Waals surface area contributed by atoms with Crippen molar-refractivity contribution in [3.63, 3.8) is 0 Å². The number of halogens is 1. The maximum atomic E-state index is 11.0. The summed E-state index contributed by atoms with van der Waals surface area (Å²) in [5.41, 5.74) is 8.06. The topological polar surface area (TPSA) is 60.2 Å². The summed E-state index contributed by atoms with van der Waals surface area (Å²) in [6.07, 6.45) is 1.67. The van der Waals surface area contributed by atoms with Crippen LogP contribution in [0.5, 0.6) is 0 Å². The summed E-state index contributed by atoms with van der Waals surface area (Å²) in [5.74, 6) is 0.120. The van der Waals surface area contributed by atoms with Crippen molar-refractivity contribution in [2.45, 2.75) is 19.4 Å². The zero-order chi connectivity index (χ0) is 12.3. The van der Waals surface area contributed by atoms with Gasteiger partial charge in [0.2, 0.25) is 0 Å². The Bertz CT molecular complexity index is 471. The minimum atomic E-state index is -2.94. The summed E-state index contributed by atoms with van der Waals surface area (Å²) in [6.45, 7) is 2.00. The SMILES string of the molecule is Cc1ccc(C(N)CCS(C)(=O)=O)c(Br)c1. The smallest absolute Gasteiger partial charge is 0.147 e.